The molecular formula is C20H26ClN3O3. The molecule has 6 nitrogen and oxygen atoms in total. The SMILES string of the molecule is Cc1ccc(Cl)c(OCC2(O)CCCN(C(=O)CCn3ccnc3)CC2)c1. The van der Waals surface area contributed by atoms with Gasteiger partial charge in [0.05, 0.1) is 11.3 Å². The van der Waals surface area contributed by atoms with E-state index in [0.717, 1.165) is 12.0 Å². The molecule has 27 heavy (non-hydrogen) atoms. The molecule has 1 atom stereocenters. The normalized spacial score (nSPS) is 20.3. The number of ether oxygens (including phenoxy) is 1. The monoisotopic (exact) mass is 391 g/mol. The summed E-state index contributed by atoms with van der Waals surface area (Å²) < 4.78 is 7.71. The lowest BCUT2D eigenvalue weighted by Gasteiger charge is -2.27. The van der Waals surface area contributed by atoms with Crippen molar-refractivity contribution in [1.82, 2.24) is 14.5 Å². The zero-order valence-electron chi connectivity index (χ0n) is 15.6. The number of imidazole rings is 1. The second kappa shape index (κ2) is 8.76. The van der Waals surface area contributed by atoms with E-state index in [1.54, 1.807) is 18.6 Å². The van der Waals surface area contributed by atoms with Gasteiger partial charge in [-0.1, -0.05) is 17.7 Å². The number of rotatable bonds is 6. The van der Waals surface area contributed by atoms with Crippen LogP contribution in [-0.4, -0.2) is 50.8 Å². The van der Waals surface area contributed by atoms with Crippen LogP contribution in [-0.2, 0) is 11.3 Å². The van der Waals surface area contributed by atoms with Crippen molar-refractivity contribution < 1.29 is 14.6 Å². The molecule has 1 saturated heterocycles. The summed E-state index contributed by atoms with van der Waals surface area (Å²) in [5.74, 6) is 0.693. The van der Waals surface area contributed by atoms with E-state index in [4.69, 9.17) is 16.3 Å². The van der Waals surface area contributed by atoms with Gasteiger partial charge in [0.1, 0.15) is 18.0 Å². The van der Waals surface area contributed by atoms with Crippen LogP contribution in [0.25, 0.3) is 0 Å². The van der Waals surface area contributed by atoms with Crippen LogP contribution in [0.5, 0.6) is 5.75 Å². The molecule has 0 aliphatic carbocycles. The quantitative estimate of drug-likeness (QED) is 0.821. The first kappa shape index (κ1) is 19.7. The predicted octanol–water partition coefficient (Wildman–Crippen LogP) is 3.06. The van der Waals surface area contributed by atoms with Crippen LogP contribution < -0.4 is 4.74 Å². The number of carbonyl (C=O) groups is 1. The highest BCUT2D eigenvalue weighted by Crippen LogP contribution is 2.29. The topological polar surface area (TPSA) is 67.6 Å². The summed E-state index contributed by atoms with van der Waals surface area (Å²) in [6, 6.07) is 5.58. The molecular weight excluding hydrogens is 366 g/mol. The van der Waals surface area contributed by atoms with Gasteiger partial charge in [0.25, 0.3) is 0 Å². The Hall–Kier alpha value is -2.05. The maximum absolute atomic E-state index is 12.5. The third-order valence-corrected chi connectivity index (χ3v) is 5.31. The van der Waals surface area contributed by atoms with Crippen LogP contribution in [0.4, 0.5) is 0 Å². The molecule has 0 spiro atoms. The van der Waals surface area contributed by atoms with Crippen LogP contribution in [0.15, 0.2) is 36.9 Å². The predicted molar refractivity (Wildman–Crippen MR) is 104 cm³/mol. The Morgan fingerprint density at radius 2 is 2.22 bits per heavy atom. The Morgan fingerprint density at radius 3 is 3.00 bits per heavy atom. The number of nitrogens with zero attached hydrogens (tertiary/aromatic N) is 3. The summed E-state index contributed by atoms with van der Waals surface area (Å²) in [4.78, 5) is 18.3. The molecule has 0 saturated carbocycles. The number of aromatic nitrogens is 2. The van der Waals surface area contributed by atoms with Crippen molar-refractivity contribution in [2.24, 2.45) is 0 Å². The van der Waals surface area contributed by atoms with Gasteiger partial charge >= 0.3 is 0 Å². The van der Waals surface area contributed by atoms with Crippen molar-refractivity contribution in [2.45, 2.75) is 44.8 Å². The van der Waals surface area contributed by atoms with Crippen LogP contribution >= 0.6 is 11.6 Å². The fourth-order valence-corrected chi connectivity index (χ4v) is 3.48. The molecule has 3 rings (SSSR count). The molecule has 0 radical (unpaired) electrons. The van der Waals surface area contributed by atoms with Gasteiger partial charge in [0.15, 0.2) is 0 Å². The zero-order chi connectivity index (χ0) is 19.3. The summed E-state index contributed by atoms with van der Waals surface area (Å²) >= 11 is 6.17. The molecule has 1 aromatic carbocycles. The maximum Gasteiger partial charge on any atom is 0.224 e. The Labute approximate surface area is 164 Å². The average molecular weight is 392 g/mol. The summed E-state index contributed by atoms with van der Waals surface area (Å²) in [6.45, 7) is 3.96. The molecule has 1 unspecified atom stereocenters. The molecule has 0 bridgehead atoms. The lowest BCUT2D eigenvalue weighted by atomic mass is 9.96. The third-order valence-electron chi connectivity index (χ3n) is 5.00. The number of hydrogen-bond donors (Lipinski definition) is 1. The number of amides is 1. The van der Waals surface area contributed by atoms with Crippen molar-refractivity contribution in [1.29, 1.82) is 0 Å². The first-order valence-electron chi connectivity index (χ1n) is 9.30. The van der Waals surface area contributed by atoms with E-state index in [1.807, 2.05) is 34.7 Å². The van der Waals surface area contributed by atoms with Gasteiger partial charge < -0.3 is 19.3 Å². The molecule has 7 heteroatoms. The number of hydrogen-bond acceptors (Lipinski definition) is 4. The molecule has 1 amide bonds. The minimum Gasteiger partial charge on any atom is -0.489 e. The van der Waals surface area contributed by atoms with Gasteiger partial charge in [0.2, 0.25) is 5.91 Å². The minimum absolute atomic E-state index is 0.107. The molecule has 1 N–H and O–H groups in total. The van der Waals surface area contributed by atoms with E-state index >= 15 is 0 Å². The minimum atomic E-state index is -0.952. The Kier molecular flexibility index (Phi) is 6.39. The Morgan fingerprint density at radius 1 is 1.37 bits per heavy atom. The highest BCUT2D eigenvalue weighted by molar-refractivity contribution is 6.32. The summed E-state index contributed by atoms with van der Waals surface area (Å²) in [5, 5.41) is 11.5. The molecule has 1 aliphatic heterocycles. The smallest absolute Gasteiger partial charge is 0.224 e. The first-order valence-corrected chi connectivity index (χ1v) is 9.68. The van der Waals surface area contributed by atoms with E-state index in [2.05, 4.69) is 4.98 Å². The summed E-state index contributed by atoms with van der Waals surface area (Å²) in [7, 11) is 0. The van der Waals surface area contributed by atoms with E-state index in [1.165, 1.54) is 0 Å². The second-order valence-corrected chi connectivity index (χ2v) is 7.64. The maximum atomic E-state index is 12.5. The number of carbonyl (C=O) groups excluding carboxylic acids is 1. The van der Waals surface area contributed by atoms with Gasteiger partial charge in [-0.2, -0.15) is 0 Å². The van der Waals surface area contributed by atoms with Gasteiger partial charge in [-0.3, -0.25) is 4.79 Å². The van der Waals surface area contributed by atoms with E-state index < -0.39 is 5.60 Å². The lowest BCUT2D eigenvalue weighted by molar-refractivity contribution is -0.131. The number of benzene rings is 1. The lowest BCUT2D eigenvalue weighted by Crippen LogP contribution is -2.38. The van der Waals surface area contributed by atoms with Crippen LogP contribution in [0.3, 0.4) is 0 Å². The van der Waals surface area contributed by atoms with Gasteiger partial charge in [-0.15, -0.1) is 0 Å². The van der Waals surface area contributed by atoms with Crippen molar-refractivity contribution in [3.8, 4) is 5.75 Å². The molecule has 1 aliphatic rings. The van der Waals surface area contributed by atoms with Crippen molar-refractivity contribution in [3.05, 3.63) is 47.5 Å². The van der Waals surface area contributed by atoms with Crippen LogP contribution in [0.1, 0.15) is 31.2 Å². The molecule has 1 fully saturated rings. The number of likely N-dealkylation sites (tertiary alicyclic amines) is 1. The van der Waals surface area contributed by atoms with Gasteiger partial charge in [-0.05, 0) is 43.9 Å². The standard InChI is InChI=1S/C20H26ClN3O3/c1-16-3-4-17(21)18(13-16)27-14-20(26)6-2-9-24(11-7-20)19(25)5-10-23-12-8-22-15-23/h3-4,8,12-13,15,26H,2,5-7,9-11,14H2,1H3. The molecule has 2 aromatic rings. The van der Waals surface area contributed by atoms with Crippen LogP contribution in [0.2, 0.25) is 5.02 Å². The number of halogens is 1. The Bertz CT molecular complexity index is 766. The first-order chi connectivity index (χ1) is 13.0. The van der Waals surface area contributed by atoms with Crippen molar-refractivity contribution in [2.75, 3.05) is 19.7 Å². The molecule has 146 valence electrons. The average Bonchev–Trinajstić information content (AvgIpc) is 3.09. The third kappa shape index (κ3) is 5.47. The highest BCUT2D eigenvalue weighted by atomic mass is 35.5. The Balaban J connectivity index is 1.51. The summed E-state index contributed by atoms with van der Waals surface area (Å²) in [6.07, 6.45) is 7.54. The highest BCUT2D eigenvalue weighted by Gasteiger charge is 2.32. The van der Waals surface area contributed by atoms with Gasteiger partial charge in [-0.25, -0.2) is 4.98 Å². The van der Waals surface area contributed by atoms with Crippen molar-refractivity contribution >= 4 is 17.5 Å². The number of aryl methyl sites for hydroxylation is 2. The van der Waals surface area contributed by atoms with Crippen LogP contribution in [0, 0.1) is 6.92 Å². The second-order valence-electron chi connectivity index (χ2n) is 7.23. The fourth-order valence-electron chi connectivity index (χ4n) is 3.31. The van der Waals surface area contributed by atoms with Gasteiger partial charge in [0, 0.05) is 38.4 Å². The molecule has 1 aromatic heterocycles. The zero-order valence-corrected chi connectivity index (χ0v) is 16.4. The molecule has 2 heterocycles. The summed E-state index contributed by atoms with van der Waals surface area (Å²) in [5.41, 5.74) is 0.101. The number of aliphatic hydroxyl groups is 1. The van der Waals surface area contributed by atoms with Crippen molar-refractivity contribution in [3.63, 3.8) is 0 Å². The van der Waals surface area contributed by atoms with E-state index in [-0.39, 0.29) is 12.5 Å². The fraction of sp³-hybridized carbons (Fsp3) is 0.500. The van der Waals surface area contributed by atoms with E-state index in [9.17, 15) is 9.90 Å². The van der Waals surface area contributed by atoms with E-state index in [0.29, 0.717) is 49.7 Å². The largest absolute Gasteiger partial charge is 0.489 e.